The lowest BCUT2D eigenvalue weighted by atomic mass is 9.88. The van der Waals surface area contributed by atoms with Crippen molar-refractivity contribution >= 4 is 5.91 Å². The van der Waals surface area contributed by atoms with Crippen LogP contribution in [-0.2, 0) is 4.79 Å². The molecular weight excluding hydrogens is 216 g/mol. The number of piperidine rings is 1. The Morgan fingerprint density at radius 1 is 1.24 bits per heavy atom. The lowest BCUT2D eigenvalue weighted by Crippen LogP contribution is -2.48. The third kappa shape index (κ3) is 3.19. The molecule has 1 unspecified atom stereocenters. The second-order valence-corrected chi connectivity index (χ2v) is 5.41. The fourth-order valence-electron chi connectivity index (χ4n) is 3.18. The molecule has 0 radical (unpaired) electrons. The van der Waals surface area contributed by atoms with Gasteiger partial charge in [-0.1, -0.05) is 0 Å². The van der Waals surface area contributed by atoms with E-state index < -0.39 is 0 Å². The van der Waals surface area contributed by atoms with Gasteiger partial charge < -0.3 is 10.4 Å². The number of nitrogens with one attached hydrogen (secondary N) is 1. The van der Waals surface area contributed by atoms with E-state index in [4.69, 9.17) is 0 Å². The van der Waals surface area contributed by atoms with Crippen LogP contribution in [0.3, 0.4) is 0 Å². The molecule has 1 amide bonds. The van der Waals surface area contributed by atoms with Crippen molar-refractivity contribution in [3.63, 3.8) is 0 Å². The summed E-state index contributed by atoms with van der Waals surface area (Å²) in [5.41, 5.74) is 0. The highest BCUT2D eigenvalue weighted by molar-refractivity contribution is 5.78. The van der Waals surface area contributed by atoms with Crippen LogP contribution in [0.25, 0.3) is 0 Å². The average Bonchev–Trinajstić information content (AvgIpc) is 2.39. The summed E-state index contributed by atoms with van der Waals surface area (Å²) >= 11 is 0. The van der Waals surface area contributed by atoms with Crippen LogP contribution < -0.4 is 5.32 Å². The van der Waals surface area contributed by atoms with E-state index in [0.29, 0.717) is 6.04 Å². The monoisotopic (exact) mass is 240 g/mol. The zero-order valence-electron chi connectivity index (χ0n) is 10.7. The van der Waals surface area contributed by atoms with Crippen molar-refractivity contribution in [2.24, 2.45) is 5.92 Å². The maximum atomic E-state index is 11.7. The van der Waals surface area contributed by atoms with Crippen LogP contribution in [0, 0.1) is 5.92 Å². The molecule has 4 heteroatoms. The summed E-state index contributed by atoms with van der Waals surface area (Å²) in [6, 6.07) is 0.589. The number of aliphatic hydroxyl groups is 1. The van der Waals surface area contributed by atoms with Crippen LogP contribution in [0.1, 0.15) is 38.5 Å². The molecule has 2 fully saturated rings. The van der Waals surface area contributed by atoms with Crippen molar-refractivity contribution in [3.05, 3.63) is 0 Å². The van der Waals surface area contributed by atoms with Crippen molar-refractivity contribution in [2.75, 3.05) is 20.1 Å². The molecule has 1 heterocycles. The predicted octanol–water partition coefficient (Wildman–Crippen LogP) is 0.748. The molecule has 17 heavy (non-hydrogen) atoms. The summed E-state index contributed by atoms with van der Waals surface area (Å²) in [7, 11) is 1.72. The molecule has 1 saturated carbocycles. The molecule has 0 aromatic rings. The SMILES string of the molecule is CNC(=O)C1CCCN(C2CCC(O)CC2)C1. The molecule has 0 bridgehead atoms. The Kier molecular flexibility index (Phi) is 4.40. The van der Waals surface area contributed by atoms with Crippen molar-refractivity contribution in [1.82, 2.24) is 10.2 Å². The minimum atomic E-state index is -0.0919. The third-order valence-electron chi connectivity index (χ3n) is 4.25. The first-order valence-corrected chi connectivity index (χ1v) is 6.84. The van der Waals surface area contributed by atoms with Gasteiger partial charge in [-0.05, 0) is 45.1 Å². The summed E-state index contributed by atoms with van der Waals surface area (Å²) in [4.78, 5) is 14.1. The Morgan fingerprint density at radius 3 is 2.59 bits per heavy atom. The zero-order valence-corrected chi connectivity index (χ0v) is 10.7. The number of hydrogen-bond donors (Lipinski definition) is 2. The van der Waals surface area contributed by atoms with Gasteiger partial charge in [-0.15, -0.1) is 0 Å². The summed E-state index contributed by atoms with van der Waals surface area (Å²) in [6.07, 6.45) is 6.06. The molecule has 2 N–H and O–H groups in total. The predicted molar refractivity (Wildman–Crippen MR) is 66.6 cm³/mol. The Balaban J connectivity index is 1.86. The number of carbonyl (C=O) groups excluding carboxylic acids is 1. The average molecular weight is 240 g/mol. The number of amides is 1. The Bertz CT molecular complexity index is 262. The Morgan fingerprint density at radius 2 is 1.94 bits per heavy atom. The van der Waals surface area contributed by atoms with E-state index in [9.17, 15) is 9.90 Å². The summed E-state index contributed by atoms with van der Waals surface area (Å²) in [5, 5.41) is 12.3. The first-order chi connectivity index (χ1) is 8.20. The van der Waals surface area contributed by atoms with E-state index >= 15 is 0 Å². The molecule has 1 atom stereocenters. The molecule has 98 valence electrons. The van der Waals surface area contributed by atoms with E-state index in [1.54, 1.807) is 7.05 Å². The van der Waals surface area contributed by atoms with E-state index in [2.05, 4.69) is 10.2 Å². The number of rotatable bonds is 2. The molecule has 1 aliphatic heterocycles. The highest BCUT2D eigenvalue weighted by Crippen LogP contribution is 2.27. The van der Waals surface area contributed by atoms with Crippen LogP contribution in [0.2, 0.25) is 0 Å². The second kappa shape index (κ2) is 5.83. The minimum Gasteiger partial charge on any atom is -0.393 e. The van der Waals surface area contributed by atoms with Gasteiger partial charge in [0.25, 0.3) is 0 Å². The molecule has 0 aromatic heterocycles. The van der Waals surface area contributed by atoms with Gasteiger partial charge >= 0.3 is 0 Å². The van der Waals surface area contributed by atoms with E-state index in [-0.39, 0.29) is 17.9 Å². The second-order valence-electron chi connectivity index (χ2n) is 5.41. The smallest absolute Gasteiger partial charge is 0.224 e. The molecule has 2 rings (SSSR count). The van der Waals surface area contributed by atoms with Gasteiger partial charge in [0.15, 0.2) is 0 Å². The van der Waals surface area contributed by atoms with Crippen molar-refractivity contribution in [2.45, 2.75) is 50.7 Å². The Hall–Kier alpha value is -0.610. The van der Waals surface area contributed by atoms with Gasteiger partial charge in [-0.2, -0.15) is 0 Å². The van der Waals surface area contributed by atoms with Gasteiger partial charge in [0.1, 0.15) is 0 Å². The van der Waals surface area contributed by atoms with E-state index in [1.807, 2.05) is 0 Å². The fourth-order valence-corrected chi connectivity index (χ4v) is 3.18. The number of hydrogen-bond acceptors (Lipinski definition) is 3. The number of nitrogens with zero attached hydrogens (tertiary/aromatic N) is 1. The Labute approximate surface area is 103 Å². The quantitative estimate of drug-likeness (QED) is 0.749. The van der Waals surface area contributed by atoms with Crippen LogP contribution >= 0.6 is 0 Å². The first-order valence-electron chi connectivity index (χ1n) is 6.84. The van der Waals surface area contributed by atoms with Crippen molar-refractivity contribution in [3.8, 4) is 0 Å². The number of aliphatic hydroxyl groups excluding tert-OH is 1. The zero-order chi connectivity index (χ0) is 12.3. The highest BCUT2D eigenvalue weighted by atomic mass is 16.3. The topological polar surface area (TPSA) is 52.6 Å². The normalized spacial score (nSPS) is 35.5. The molecule has 1 aliphatic carbocycles. The van der Waals surface area contributed by atoms with Gasteiger partial charge in [0, 0.05) is 19.6 Å². The highest BCUT2D eigenvalue weighted by Gasteiger charge is 2.31. The first kappa shape index (κ1) is 12.8. The van der Waals surface area contributed by atoms with Crippen LogP contribution in [0.15, 0.2) is 0 Å². The van der Waals surface area contributed by atoms with Crippen LogP contribution in [0.4, 0.5) is 0 Å². The molecule has 2 aliphatic rings. The fraction of sp³-hybridized carbons (Fsp3) is 0.923. The summed E-state index contributed by atoms with van der Waals surface area (Å²) in [5.74, 6) is 0.353. The maximum absolute atomic E-state index is 11.7. The lowest BCUT2D eigenvalue weighted by molar-refractivity contribution is -0.126. The molecule has 1 saturated heterocycles. The van der Waals surface area contributed by atoms with E-state index in [0.717, 1.165) is 51.6 Å². The largest absolute Gasteiger partial charge is 0.393 e. The third-order valence-corrected chi connectivity index (χ3v) is 4.25. The maximum Gasteiger partial charge on any atom is 0.224 e. The molecule has 0 spiro atoms. The van der Waals surface area contributed by atoms with Gasteiger partial charge in [-0.25, -0.2) is 0 Å². The van der Waals surface area contributed by atoms with Crippen molar-refractivity contribution in [1.29, 1.82) is 0 Å². The molecular formula is C13H24N2O2. The van der Waals surface area contributed by atoms with Crippen LogP contribution in [-0.4, -0.2) is 48.2 Å². The van der Waals surface area contributed by atoms with Gasteiger partial charge in [0.2, 0.25) is 5.91 Å². The summed E-state index contributed by atoms with van der Waals surface area (Å²) in [6.45, 7) is 2.02. The summed E-state index contributed by atoms with van der Waals surface area (Å²) < 4.78 is 0. The number of carbonyl (C=O) groups is 1. The minimum absolute atomic E-state index is 0.0919. The number of likely N-dealkylation sites (tertiary alicyclic amines) is 1. The molecule has 4 nitrogen and oxygen atoms in total. The van der Waals surface area contributed by atoms with Gasteiger partial charge in [-0.3, -0.25) is 9.69 Å². The van der Waals surface area contributed by atoms with Crippen molar-refractivity contribution < 1.29 is 9.90 Å². The molecule has 0 aromatic carbocycles. The van der Waals surface area contributed by atoms with E-state index in [1.165, 1.54) is 0 Å². The standard InChI is InChI=1S/C13H24N2O2/c1-14-13(17)10-3-2-8-15(9-10)11-4-6-12(16)7-5-11/h10-12,16H,2-9H2,1H3,(H,14,17). The lowest BCUT2D eigenvalue weighted by Gasteiger charge is -2.40. The van der Waals surface area contributed by atoms with Crippen LogP contribution in [0.5, 0.6) is 0 Å². The van der Waals surface area contributed by atoms with Gasteiger partial charge in [0.05, 0.1) is 12.0 Å².